The predicted octanol–water partition coefficient (Wildman–Crippen LogP) is -0.00810. The molecule has 1 saturated carbocycles. The number of carboxylic acids is 2. The van der Waals surface area contributed by atoms with Crippen molar-refractivity contribution in [3.63, 3.8) is 0 Å². The first kappa shape index (κ1) is 53.2. The molecule has 1 aliphatic heterocycles. The minimum Gasteiger partial charge on any atom is -0.481 e. The van der Waals surface area contributed by atoms with Crippen LogP contribution >= 0.6 is 0 Å². The number of carbonyl (C=O) groups is 11. The van der Waals surface area contributed by atoms with Crippen LogP contribution in [0.25, 0.3) is 0 Å². The lowest BCUT2D eigenvalue weighted by Crippen LogP contribution is -2.63. The highest BCUT2D eigenvalue weighted by Crippen LogP contribution is 2.29. The van der Waals surface area contributed by atoms with E-state index in [2.05, 4.69) is 38.5 Å². The summed E-state index contributed by atoms with van der Waals surface area (Å²) in [5, 5.41) is 33.5. The third-order valence-electron chi connectivity index (χ3n) is 10.8. The van der Waals surface area contributed by atoms with Gasteiger partial charge in [0.2, 0.25) is 41.2 Å². The lowest BCUT2D eigenvalue weighted by Gasteiger charge is -2.40. The summed E-state index contributed by atoms with van der Waals surface area (Å²) in [5.41, 5.74) is 0. The van der Waals surface area contributed by atoms with E-state index in [1.54, 1.807) is 20.8 Å². The Morgan fingerprint density at radius 1 is 0.730 bits per heavy atom. The van der Waals surface area contributed by atoms with Gasteiger partial charge in [-0.05, 0) is 63.2 Å². The molecule has 352 valence electrons. The number of rotatable bonds is 26. The van der Waals surface area contributed by atoms with E-state index < -0.39 is 133 Å². The van der Waals surface area contributed by atoms with Gasteiger partial charge in [0, 0.05) is 26.3 Å². The minimum atomic E-state index is -1.53. The Morgan fingerprint density at radius 2 is 1.32 bits per heavy atom. The molecule has 2 fully saturated rings. The Balaban J connectivity index is 2.35. The largest absolute Gasteiger partial charge is 0.481 e. The van der Waals surface area contributed by atoms with Crippen molar-refractivity contribution in [2.75, 3.05) is 19.7 Å². The molecule has 8 N–H and O–H groups in total. The standard InChI is InChI=1S/C42H65N7O14/c1-6-13-27(36(56)41(61)43-23-33(55)63-22-7-2)45-39(59)30-16-11-12-21-49(30)42(62)35(26-14-9-8-10-15-26)48-40(60)34(24(3)4)47-38(58)29(18-20-32(53)54)46-37(57)28(44-25(5)50)17-19-31(51)52/h7,24,26-30,34-35H,2,6,8-23H2,1,3-5H3,(H,43,61)(H,44,50)(H,45,59)(H,46,57)(H,47,58)(H,48,60)(H,51,52)(H,53,54)/t27?,28-,29-,30-,34-,35-/m0/s1. The molecule has 1 saturated heterocycles. The molecule has 21 nitrogen and oxygen atoms in total. The first-order valence-corrected chi connectivity index (χ1v) is 21.6. The van der Waals surface area contributed by atoms with Crippen LogP contribution in [0.15, 0.2) is 12.7 Å². The van der Waals surface area contributed by atoms with Gasteiger partial charge in [-0.3, -0.25) is 52.7 Å². The summed E-state index contributed by atoms with van der Waals surface area (Å²) in [5.74, 6) is -10.9. The third kappa shape index (κ3) is 18.2. The van der Waals surface area contributed by atoms with E-state index in [0.29, 0.717) is 32.1 Å². The number of hydrogen-bond acceptors (Lipinski definition) is 12. The number of esters is 1. The maximum absolute atomic E-state index is 14.6. The van der Waals surface area contributed by atoms with E-state index >= 15 is 0 Å². The Morgan fingerprint density at radius 3 is 1.87 bits per heavy atom. The van der Waals surface area contributed by atoms with Crippen molar-refractivity contribution in [2.24, 2.45) is 11.8 Å². The molecule has 0 radical (unpaired) electrons. The van der Waals surface area contributed by atoms with Gasteiger partial charge in [0.05, 0.1) is 6.04 Å². The molecule has 7 amide bonds. The average molecular weight is 892 g/mol. The summed E-state index contributed by atoms with van der Waals surface area (Å²) >= 11 is 0. The molecule has 0 aromatic carbocycles. The van der Waals surface area contributed by atoms with Gasteiger partial charge in [-0.25, -0.2) is 0 Å². The average Bonchev–Trinajstić information content (AvgIpc) is 3.24. The lowest BCUT2D eigenvalue weighted by atomic mass is 9.82. The van der Waals surface area contributed by atoms with E-state index in [0.717, 1.165) is 26.2 Å². The molecule has 0 bridgehead atoms. The van der Waals surface area contributed by atoms with Crippen LogP contribution in [0.5, 0.6) is 0 Å². The van der Waals surface area contributed by atoms with Crippen LogP contribution in [0.3, 0.4) is 0 Å². The summed E-state index contributed by atoms with van der Waals surface area (Å²) < 4.78 is 4.81. The van der Waals surface area contributed by atoms with Crippen LogP contribution in [0, 0.1) is 11.8 Å². The zero-order valence-electron chi connectivity index (χ0n) is 36.7. The van der Waals surface area contributed by atoms with Crippen LogP contribution in [-0.4, -0.2) is 136 Å². The number of nitrogens with zero attached hydrogens (tertiary/aromatic N) is 1. The molecule has 1 aliphatic carbocycles. The smallest absolute Gasteiger partial charge is 0.325 e. The van der Waals surface area contributed by atoms with Crippen molar-refractivity contribution in [2.45, 2.75) is 154 Å². The zero-order chi connectivity index (χ0) is 47.2. The highest BCUT2D eigenvalue weighted by atomic mass is 16.5. The third-order valence-corrected chi connectivity index (χ3v) is 10.8. The van der Waals surface area contributed by atoms with E-state index in [4.69, 9.17) is 9.84 Å². The fraction of sp³-hybridized carbons (Fsp3) is 0.690. The molecule has 6 atom stereocenters. The minimum absolute atomic E-state index is 0.0874. The number of likely N-dealkylation sites (tertiary alicyclic amines) is 1. The quantitative estimate of drug-likeness (QED) is 0.0322. The van der Waals surface area contributed by atoms with Crippen LogP contribution in [0.2, 0.25) is 0 Å². The molecule has 1 heterocycles. The van der Waals surface area contributed by atoms with Gasteiger partial charge in [0.25, 0.3) is 5.91 Å². The van der Waals surface area contributed by atoms with Gasteiger partial charge < -0.3 is 51.8 Å². The van der Waals surface area contributed by atoms with Gasteiger partial charge in [-0.1, -0.05) is 59.1 Å². The molecule has 2 rings (SSSR count). The summed E-state index contributed by atoms with van der Waals surface area (Å²) in [6.07, 6.45) is 4.92. The molecular formula is C42H65N7O14. The van der Waals surface area contributed by atoms with Crippen molar-refractivity contribution >= 4 is 65.0 Å². The molecule has 0 aromatic heterocycles. The van der Waals surface area contributed by atoms with Crippen molar-refractivity contribution in [1.82, 2.24) is 36.8 Å². The van der Waals surface area contributed by atoms with Crippen LogP contribution in [0.4, 0.5) is 0 Å². The van der Waals surface area contributed by atoms with Crippen molar-refractivity contribution < 1.29 is 67.7 Å². The number of aliphatic carboxylic acids is 2. The lowest BCUT2D eigenvalue weighted by molar-refractivity contribution is -0.148. The van der Waals surface area contributed by atoms with E-state index in [1.807, 2.05) is 0 Å². The number of Topliss-reactive ketones (excluding diaryl/α,β-unsaturated/α-hetero) is 1. The first-order chi connectivity index (χ1) is 29.8. The summed E-state index contributed by atoms with van der Waals surface area (Å²) in [7, 11) is 0. The topological polar surface area (TPSA) is 313 Å². The monoisotopic (exact) mass is 891 g/mol. The van der Waals surface area contributed by atoms with Gasteiger partial charge in [-0.2, -0.15) is 0 Å². The van der Waals surface area contributed by atoms with E-state index in [1.165, 1.54) is 11.0 Å². The van der Waals surface area contributed by atoms with Crippen LogP contribution < -0.4 is 31.9 Å². The Bertz CT molecular complexity index is 1680. The number of hydrogen-bond donors (Lipinski definition) is 8. The summed E-state index contributed by atoms with van der Waals surface area (Å²) in [4.78, 5) is 143. The molecule has 21 heteroatoms. The first-order valence-electron chi connectivity index (χ1n) is 21.6. The number of ketones is 1. The van der Waals surface area contributed by atoms with Gasteiger partial charge in [0.1, 0.15) is 43.4 Å². The maximum Gasteiger partial charge on any atom is 0.325 e. The number of nitrogens with one attached hydrogen (secondary N) is 6. The molecule has 1 unspecified atom stereocenters. The zero-order valence-corrected chi connectivity index (χ0v) is 36.7. The van der Waals surface area contributed by atoms with Crippen molar-refractivity contribution in [1.29, 1.82) is 0 Å². The number of carbonyl (C=O) groups excluding carboxylic acids is 9. The van der Waals surface area contributed by atoms with Crippen LogP contribution in [0.1, 0.15) is 118 Å². The Labute approximate surface area is 367 Å². The highest BCUT2D eigenvalue weighted by molar-refractivity contribution is 6.38. The maximum atomic E-state index is 14.6. The normalized spacial score (nSPS) is 17.6. The van der Waals surface area contributed by atoms with E-state index in [9.17, 15) is 57.8 Å². The fourth-order valence-corrected chi connectivity index (χ4v) is 7.54. The number of amides is 7. The molecular weight excluding hydrogens is 826 g/mol. The van der Waals surface area contributed by atoms with Gasteiger partial charge >= 0.3 is 17.9 Å². The van der Waals surface area contributed by atoms with Gasteiger partial charge in [0.15, 0.2) is 0 Å². The van der Waals surface area contributed by atoms with Crippen molar-refractivity contribution in [3.05, 3.63) is 12.7 Å². The fourth-order valence-electron chi connectivity index (χ4n) is 7.54. The summed E-state index contributed by atoms with van der Waals surface area (Å²) in [6.45, 7) is 9.02. The Hall–Kier alpha value is -5.89. The highest BCUT2D eigenvalue weighted by Gasteiger charge is 2.42. The Kier molecular flexibility index (Phi) is 23.0. The second-order valence-electron chi connectivity index (χ2n) is 16.2. The van der Waals surface area contributed by atoms with Crippen LogP contribution in [-0.2, 0) is 57.5 Å². The predicted molar refractivity (Wildman–Crippen MR) is 224 cm³/mol. The molecule has 2 aliphatic rings. The second-order valence-corrected chi connectivity index (χ2v) is 16.2. The molecule has 0 aromatic rings. The summed E-state index contributed by atoms with van der Waals surface area (Å²) in [6, 6.07) is -7.67. The SMILES string of the molecule is C=CCOC(=O)CNC(=O)C(=O)C(CCC)NC(=O)[C@@H]1CCCCN1C(=O)[C@@H](NC(=O)[C@@H](NC(=O)[C@H](CCC(=O)O)NC(=O)[C@H](CCC(=O)O)NC(C)=O)C(C)C)C1CCCCC1. The van der Waals surface area contributed by atoms with E-state index in [-0.39, 0.29) is 38.3 Å². The van der Waals surface area contributed by atoms with Crippen molar-refractivity contribution in [3.8, 4) is 0 Å². The van der Waals surface area contributed by atoms with Gasteiger partial charge in [-0.15, -0.1) is 0 Å². The number of piperidine rings is 1. The second kappa shape index (κ2) is 27.2. The number of carboxylic acid groups (broad SMARTS) is 2. The molecule has 0 spiro atoms. The number of ether oxygens (including phenoxy) is 1. The molecule has 63 heavy (non-hydrogen) atoms.